The summed E-state index contributed by atoms with van der Waals surface area (Å²) in [5.41, 5.74) is 5.48. The quantitative estimate of drug-likeness (QED) is 0.711. The zero-order valence-electron chi connectivity index (χ0n) is 14.1. The Kier molecular flexibility index (Phi) is 4.40. The molecule has 0 radical (unpaired) electrons. The van der Waals surface area contributed by atoms with Crippen LogP contribution >= 0.6 is 0 Å². The van der Waals surface area contributed by atoms with Crippen molar-refractivity contribution in [2.45, 2.75) is 23.8 Å². The van der Waals surface area contributed by atoms with Crippen LogP contribution in [0.15, 0.2) is 60.3 Å². The van der Waals surface area contributed by atoms with Crippen LogP contribution in [-0.4, -0.2) is 27.3 Å². The predicted molar refractivity (Wildman–Crippen MR) is 103 cm³/mol. The summed E-state index contributed by atoms with van der Waals surface area (Å²) in [6.45, 7) is 5.72. The number of nitrogens with one attached hydrogen (secondary N) is 1. The minimum Gasteiger partial charge on any atom is -0.367 e. The molecular formula is C20H21N3OS. The van der Waals surface area contributed by atoms with E-state index in [-0.39, 0.29) is 0 Å². The van der Waals surface area contributed by atoms with Gasteiger partial charge in [-0.15, -0.1) is 6.58 Å². The van der Waals surface area contributed by atoms with E-state index in [1.54, 1.807) is 0 Å². The van der Waals surface area contributed by atoms with Gasteiger partial charge in [-0.3, -0.25) is 4.21 Å². The Balaban J connectivity index is 1.66. The number of aromatic amines is 1. The summed E-state index contributed by atoms with van der Waals surface area (Å²) in [6, 6.07) is 14.1. The first kappa shape index (κ1) is 16.1. The van der Waals surface area contributed by atoms with Crippen molar-refractivity contribution in [1.29, 1.82) is 0 Å². The lowest BCUT2D eigenvalue weighted by Gasteiger charge is -2.32. The van der Waals surface area contributed by atoms with Crippen LogP contribution in [0, 0.1) is 0 Å². The number of imidazole rings is 1. The first-order chi connectivity index (χ1) is 12.3. The lowest BCUT2D eigenvalue weighted by atomic mass is 9.98. The van der Waals surface area contributed by atoms with E-state index >= 15 is 0 Å². The molecule has 5 heteroatoms. The van der Waals surface area contributed by atoms with E-state index in [9.17, 15) is 4.21 Å². The Morgan fingerprint density at radius 2 is 2.12 bits per heavy atom. The van der Waals surface area contributed by atoms with Crippen molar-refractivity contribution in [2.24, 2.45) is 0 Å². The molecule has 2 heterocycles. The molecule has 0 saturated heterocycles. The molecule has 25 heavy (non-hydrogen) atoms. The monoisotopic (exact) mass is 351 g/mol. The number of fused-ring (bicyclic) bond motifs is 2. The third kappa shape index (κ3) is 3.12. The summed E-state index contributed by atoms with van der Waals surface area (Å²) in [5.74, 6) is 0.469. The number of H-pyrrole nitrogens is 1. The van der Waals surface area contributed by atoms with Gasteiger partial charge in [0.2, 0.25) is 0 Å². The fourth-order valence-electron chi connectivity index (χ4n) is 3.53. The number of hydrogen-bond donors (Lipinski definition) is 1. The van der Waals surface area contributed by atoms with Gasteiger partial charge in [0.05, 0.1) is 27.6 Å². The summed E-state index contributed by atoms with van der Waals surface area (Å²) in [6.07, 6.45) is 4.16. The van der Waals surface area contributed by atoms with E-state index in [0.717, 1.165) is 42.5 Å². The molecule has 0 bridgehead atoms. The van der Waals surface area contributed by atoms with Crippen LogP contribution in [0.2, 0.25) is 0 Å². The maximum absolute atomic E-state index is 12.9. The van der Waals surface area contributed by atoms with Crippen LogP contribution in [0.1, 0.15) is 17.5 Å². The Morgan fingerprint density at radius 3 is 2.96 bits per heavy atom. The Hall–Kier alpha value is -2.40. The van der Waals surface area contributed by atoms with Gasteiger partial charge in [0.15, 0.2) is 5.16 Å². The average molecular weight is 351 g/mol. The zero-order valence-corrected chi connectivity index (χ0v) is 14.9. The number of anilines is 1. The Bertz CT molecular complexity index is 914. The molecule has 4 nitrogen and oxygen atoms in total. The second-order valence-corrected chi connectivity index (χ2v) is 7.68. The molecule has 1 atom stereocenters. The van der Waals surface area contributed by atoms with Crippen LogP contribution in [0.25, 0.3) is 11.0 Å². The van der Waals surface area contributed by atoms with Crippen LogP contribution < -0.4 is 4.90 Å². The van der Waals surface area contributed by atoms with Gasteiger partial charge in [-0.1, -0.05) is 36.4 Å². The van der Waals surface area contributed by atoms with Crippen molar-refractivity contribution < 1.29 is 4.21 Å². The maximum Gasteiger partial charge on any atom is 0.197 e. The topological polar surface area (TPSA) is 49.0 Å². The molecule has 3 aromatic rings. The third-order valence-electron chi connectivity index (χ3n) is 4.61. The highest BCUT2D eigenvalue weighted by Crippen LogP contribution is 2.32. The van der Waals surface area contributed by atoms with Gasteiger partial charge in [0.25, 0.3) is 0 Å². The number of benzene rings is 2. The van der Waals surface area contributed by atoms with E-state index in [0.29, 0.717) is 10.9 Å². The minimum atomic E-state index is -1.20. The smallest absolute Gasteiger partial charge is 0.197 e. The van der Waals surface area contributed by atoms with Crippen molar-refractivity contribution in [1.82, 2.24) is 9.97 Å². The van der Waals surface area contributed by atoms with Crippen molar-refractivity contribution >= 4 is 27.5 Å². The van der Waals surface area contributed by atoms with E-state index in [2.05, 4.69) is 39.6 Å². The number of para-hydroxylation sites is 3. The van der Waals surface area contributed by atoms with Gasteiger partial charge in [0.1, 0.15) is 0 Å². The van der Waals surface area contributed by atoms with Gasteiger partial charge in [-0.05, 0) is 36.1 Å². The van der Waals surface area contributed by atoms with Crippen molar-refractivity contribution in [3.63, 3.8) is 0 Å². The molecule has 1 N–H and O–H groups in total. The molecule has 128 valence electrons. The zero-order chi connectivity index (χ0) is 17.2. The van der Waals surface area contributed by atoms with Crippen LogP contribution in [0.4, 0.5) is 5.69 Å². The average Bonchev–Trinajstić information content (AvgIpc) is 3.07. The van der Waals surface area contributed by atoms with Gasteiger partial charge in [-0.25, -0.2) is 4.98 Å². The minimum absolute atomic E-state index is 0.469. The lowest BCUT2D eigenvalue weighted by molar-refractivity contribution is 0.676. The molecular weight excluding hydrogens is 330 g/mol. The summed E-state index contributed by atoms with van der Waals surface area (Å²) in [7, 11) is -1.20. The normalized spacial score (nSPS) is 15.1. The highest BCUT2D eigenvalue weighted by atomic mass is 32.2. The van der Waals surface area contributed by atoms with Gasteiger partial charge >= 0.3 is 0 Å². The molecule has 1 aromatic heterocycles. The fourth-order valence-corrected chi connectivity index (χ4v) is 4.60. The standard InChI is InChI=1S/C20H21N3OS/c1-2-12-23-13-6-9-15-7-5-8-16(19(15)23)14-25(24)20-21-17-10-3-4-11-18(17)22-20/h2-5,7-8,10-11H,1,6,9,12-14H2,(H,21,22). The molecule has 4 rings (SSSR count). The first-order valence-electron chi connectivity index (χ1n) is 8.56. The number of nitrogens with zero attached hydrogens (tertiary/aromatic N) is 2. The van der Waals surface area contributed by atoms with Crippen molar-refractivity contribution in [3.8, 4) is 0 Å². The highest BCUT2D eigenvalue weighted by Gasteiger charge is 2.21. The lowest BCUT2D eigenvalue weighted by Crippen LogP contribution is -2.30. The molecule has 0 spiro atoms. The molecule has 1 aliphatic rings. The molecule has 0 amide bonds. The second kappa shape index (κ2) is 6.84. The van der Waals surface area contributed by atoms with Crippen molar-refractivity contribution in [2.75, 3.05) is 18.0 Å². The summed E-state index contributed by atoms with van der Waals surface area (Å²) >= 11 is 0. The molecule has 0 fully saturated rings. The van der Waals surface area contributed by atoms with E-state index in [4.69, 9.17) is 0 Å². The largest absolute Gasteiger partial charge is 0.367 e. The predicted octanol–water partition coefficient (Wildman–Crippen LogP) is 3.81. The summed E-state index contributed by atoms with van der Waals surface area (Å²) < 4.78 is 12.9. The number of aromatic nitrogens is 2. The SMILES string of the molecule is C=CCN1CCCc2cccc(CS(=O)c3nc4ccccc4[nH]3)c21. The van der Waals surface area contributed by atoms with Crippen LogP contribution in [-0.2, 0) is 23.0 Å². The third-order valence-corrected chi connectivity index (χ3v) is 5.81. The van der Waals surface area contributed by atoms with Crippen LogP contribution in [0.5, 0.6) is 0 Å². The van der Waals surface area contributed by atoms with E-state index in [1.807, 2.05) is 30.3 Å². The Labute approximate surface area is 150 Å². The summed E-state index contributed by atoms with van der Waals surface area (Å²) in [5, 5.41) is 0.546. The molecule has 0 aliphatic carbocycles. The van der Waals surface area contributed by atoms with Gasteiger partial charge < -0.3 is 9.88 Å². The fraction of sp³-hybridized carbons (Fsp3) is 0.250. The molecule has 1 aliphatic heterocycles. The van der Waals surface area contributed by atoms with Gasteiger partial charge in [0, 0.05) is 18.8 Å². The van der Waals surface area contributed by atoms with E-state index in [1.165, 1.54) is 11.3 Å². The molecule has 1 unspecified atom stereocenters. The van der Waals surface area contributed by atoms with Crippen molar-refractivity contribution in [3.05, 3.63) is 66.2 Å². The Morgan fingerprint density at radius 1 is 1.24 bits per heavy atom. The number of rotatable bonds is 5. The second-order valence-electron chi connectivity index (χ2n) is 6.31. The van der Waals surface area contributed by atoms with Crippen LogP contribution in [0.3, 0.4) is 0 Å². The first-order valence-corrected chi connectivity index (χ1v) is 9.88. The van der Waals surface area contributed by atoms with E-state index < -0.39 is 10.8 Å². The summed E-state index contributed by atoms with van der Waals surface area (Å²) in [4.78, 5) is 10.0. The number of aryl methyl sites for hydroxylation is 1. The van der Waals surface area contributed by atoms with Gasteiger partial charge in [-0.2, -0.15) is 0 Å². The highest BCUT2D eigenvalue weighted by molar-refractivity contribution is 7.84. The maximum atomic E-state index is 12.9. The number of hydrogen-bond acceptors (Lipinski definition) is 3. The molecule has 0 saturated carbocycles. The molecule has 2 aromatic carbocycles.